The average Bonchev–Trinajstić information content (AvgIpc) is 3.28. The number of carbonyl (C=O) groups excluding carboxylic acids is 1. The monoisotopic (exact) mass is 437 g/mol. The predicted octanol–water partition coefficient (Wildman–Crippen LogP) is 3.04. The summed E-state index contributed by atoms with van der Waals surface area (Å²) in [5.41, 5.74) is 14.9. The maximum Gasteiger partial charge on any atom is 0.280 e. The largest absolute Gasteiger partial charge is 0.382 e. The number of benzene rings is 2. The topological polar surface area (TPSA) is 134 Å². The van der Waals surface area contributed by atoms with Gasteiger partial charge in [0.05, 0.1) is 0 Å². The molecule has 6 N–H and O–H groups in total. The lowest BCUT2D eigenvalue weighted by molar-refractivity contribution is 0.0972. The molecule has 0 radical (unpaired) electrons. The Kier molecular flexibility index (Phi) is 6.71. The maximum absolute atomic E-state index is 12.4. The maximum atomic E-state index is 12.4. The molecule has 1 fully saturated rings. The highest BCUT2D eigenvalue weighted by atomic mass is 35.5. The summed E-state index contributed by atoms with van der Waals surface area (Å²) in [5.74, 6) is -0.446. The SMILES string of the molecule is Cl.N=C(N)NC(=O)c1nc(-c2ccc(-c3ccccc3)cc2)c(N2CCCC2)nc1N. The predicted molar refractivity (Wildman–Crippen MR) is 125 cm³/mol. The van der Waals surface area contributed by atoms with Gasteiger partial charge in [-0.1, -0.05) is 54.6 Å². The van der Waals surface area contributed by atoms with Crippen molar-refractivity contribution in [3.05, 3.63) is 60.3 Å². The van der Waals surface area contributed by atoms with Gasteiger partial charge in [0.25, 0.3) is 5.91 Å². The first-order chi connectivity index (χ1) is 14.5. The van der Waals surface area contributed by atoms with Gasteiger partial charge in [-0.2, -0.15) is 0 Å². The normalized spacial score (nSPS) is 12.8. The molecule has 0 bridgehead atoms. The van der Waals surface area contributed by atoms with Crippen LogP contribution in [0.2, 0.25) is 0 Å². The highest BCUT2D eigenvalue weighted by Crippen LogP contribution is 2.32. The third-order valence-corrected chi connectivity index (χ3v) is 5.04. The van der Waals surface area contributed by atoms with Crippen LogP contribution in [0, 0.1) is 5.41 Å². The molecule has 160 valence electrons. The molecule has 1 aliphatic rings. The Balaban J connectivity index is 0.00000272. The molecule has 4 rings (SSSR count). The number of aromatic nitrogens is 2. The van der Waals surface area contributed by atoms with E-state index in [2.05, 4.69) is 32.3 Å². The number of nitrogens with zero attached hydrogens (tertiary/aromatic N) is 3. The van der Waals surface area contributed by atoms with Gasteiger partial charge in [0.15, 0.2) is 23.3 Å². The van der Waals surface area contributed by atoms with E-state index in [1.165, 1.54) is 0 Å². The van der Waals surface area contributed by atoms with Crippen LogP contribution in [-0.2, 0) is 0 Å². The third kappa shape index (κ3) is 4.75. The van der Waals surface area contributed by atoms with Crippen LogP contribution >= 0.6 is 12.4 Å². The van der Waals surface area contributed by atoms with Crippen molar-refractivity contribution in [2.24, 2.45) is 5.73 Å². The number of anilines is 2. The fraction of sp³-hybridized carbons (Fsp3) is 0.182. The van der Waals surface area contributed by atoms with E-state index in [-0.39, 0.29) is 23.9 Å². The number of hydrogen-bond acceptors (Lipinski definition) is 6. The van der Waals surface area contributed by atoms with Crippen molar-refractivity contribution in [2.45, 2.75) is 12.8 Å². The van der Waals surface area contributed by atoms with Gasteiger partial charge in [-0.25, -0.2) is 9.97 Å². The van der Waals surface area contributed by atoms with Crippen molar-refractivity contribution < 1.29 is 4.79 Å². The molecular formula is C22H24ClN7O. The molecule has 0 atom stereocenters. The second-order valence-electron chi connectivity index (χ2n) is 7.13. The molecule has 0 spiro atoms. The molecule has 31 heavy (non-hydrogen) atoms. The second kappa shape index (κ2) is 9.44. The van der Waals surface area contributed by atoms with Gasteiger partial charge in [0.1, 0.15) is 5.69 Å². The molecular weight excluding hydrogens is 414 g/mol. The number of nitrogens with one attached hydrogen (secondary N) is 2. The molecule has 2 aromatic carbocycles. The van der Waals surface area contributed by atoms with Gasteiger partial charge in [-0.05, 0) is 24.0 Å². The molecule has 3 aromatic rings. The summed E-state index contributed by atoms with van der Waals surface area (Å²) in [6.07, 6.45) is 2.14. The van der Waals surface area contributed by atoms with Crippen molar-refractivity contribution in [1.82, 2.24) is 15.3 Å². The number of rotatable bonds is 4. The molecule has 0 aliphatic carbocycles. The number of nitrogens with two attached hydrogens (primary N) is 2. The summed E-state index contributed by atoms with van der Waals surface area (Å²) in [6.45, 7) is 1.73. The Morgan fingerprint density at radius 3 is 2.13 bits per heavy atom. The zero-order valence-electron chi connectivity index (χ0n) is 16.8. The van der Waals surface area contributed by atoms with Gasteiger partial charge in [-0.15, -0.1) is 12.4 Å². The first-order valence-electron chi connectivity index (χ1n) is 9.76. The van der Waals surface area contributed by atoms with E-state index in [9.17, 15) is 4.79 Å². The van der Waals surface area contributed by atoms with E-state index in [1.807, 2.05) is 42.5 Å². The first-order valence-corrected chi connectivity index (χ1v) is 9.76. The number of guanidine groups is 1. The molecule has 8 nitrogen and oxygen atoms in total. The quantitative estimate of drug-likeness (QED) is 0.366. The Labute approximate surface area is 186 Å². The minimum atomic E-state index is -0.650. The summed E-state index contributed by atoms with van der Waals surface area (Å²) in [5, 5.41) is 9.52. The van der Waals surface area contributed by atoms with E-state index < -0.39 is 11.9 Å². The Morgan fingerprint density at radius 1 is 0.935 bits per heavy atom. The molecule has 0 saturated carbocycles. The minimum Gasteiger partial charge on any atom is -0.382 e. The Hall–Kier alpha value is -3.65. The highest BCUT2D eigenvalue weighted by Gasteiger charge is 2.24. The number of halogens is 1. The van der Waals surface area contributed by atoms with Crippen LogP contribution in [0.15, 0.2) is 54.6 Å². The number of amides is 1. The lowest BCUT2D eigenvalue weighted by Crippen LogP contribution is -2.37. The zero-order chi connectivity index (χ0) is 21.1. The first kappa shape index (κ1) is 22.0. The van der Waals surface area contributed by atoms with E-state index >= 15 is 0 Å². The van der Waals surface area contributed by atoms with Crippen molar-refractivity contribution in [3.63, 3.8) is 0 Å². The van der Waals surface area contributed by atoms with Gasteiger partial charge in [-0.3, -0.25) is 15.5 Å². The Bertz CT molecular complexity index is 1080. The van der Waals surface area contributed by atoms with Crippen molar-refractivity contribution in [3.8, 4) is 22.4 Å². The molecule has 1 amide bonds. The van der Waals surface area contributed by atoms with Crippen molar-refractivity contribution in [1.29, 1.82) is 5.41 Å². The summed E-state index contributed by atoms with van der Waals surface area (Å²) >= 11 is 0. The van der Waals surface area contributed by atoms with Crippen molar-refractivity contribution >= 4 is 35.9 Å². The number of carbonyl (C=O) groups is 1. The van der Waals surface area contributed by atoms with E-state index in [4.69, 9.17) is 16.9 Å². The fourth-order valence-corrected chi connectivity index (χ4v) is 3.58. The van der Waals surface area contributed by atoms with Crippen LogP contribution in [0.4, 0.5) is 11.6 Å². The molecule has 1 aliphatic heterocycles. The van der Waals surface area contributed by atoms with Crippen LogP contribution in [0.25, 0.3) is 22.4 Å². The minimum absolute atomic E-state index is 0. The standard InChI is InChI=1S/C22H23N7O.ClH/c23-19-18(21(30)28-22(24)25)26-17(20(27-19)29-12-4-5-13-29)16-10-8-15(9-11-16)14-6-2-1-3-7-14;/h1-3,6-11H,4-5,12-13H2,(H2,23,27)(H4,24,25,28,30);1H. The summed E-state index contributed by atoms with van der Waals surface area (Å²) in [4.78, 5) is 23.6. The average molecular weight is 438 g/mol. The summed E-state index contributed by atoms with van der Waals surface area (Å²) in [7, 11) is 0. The van der Waals surface area contributed by atoms with E-state index in [0.717, 1.165) is 42.6 Å². The number of nitrogen functional groups attached to an aromatic ring is 1. The van der Waals surface area contributed by atoms with Gasteiger partial charge in [0.2, 0.25) is 0 Å². The molecule has 9 heteroatoms. The lowest BCUT2D eigenvalue weighted by atomic mass is 10.0. The van der Waals surface area contributed by atoms with Crippen LogP contribution in [-0.4, -0.2) is 34.9 Å². The van der Waals surface area contributed by atoms with Crippen molar-refractivity contribution in [2.75, 3.05) is 23.7 Å². The highest BCUT2D eigenvalue weighted by molar-refractivity contribution is 6.06. The lowest BCUT2D eigenvalue weighted by Gasteiger charge is -2.21. The van der Waals surface area contributed by atoms with Crippen LogP contribution in [0.1, 0.15) is 23.3 Å². The van der Waals surface area contributed by atoms with E-state index in [0.29, 0.717) is 11.5 Å². The second-order valence-corrected chi connectivity index (χ2v) is 7.13. The third-order valence-electron chi connectivity index (χ3n) is 5.04. The van der Waals surface area contributed by atoms with Gasteiger partial charge in [0, 0.05) is 18.7 Å². The smallest absolute Gasteiger partial charge is 0.280 e. The zero-order valence-corrected chi connectivity index (χ0v) is 17.7. The van der Waals surface area contributed by atoms with Gasteiger partial charge < -0.3 is 16.4 Å². The van der Waals surface area contributed by atoms with Crippen LogP contribution < -0.4 is 21.7 Å². The number of hydrogen-bond donors (Lipinski definition) is 4. The van der Waals surface area contributed by atoms with Crippen LogP contribution in [0.5, 0.6) is 0 Å². The summed E-state index contributed by atoms with van der Waals surface area (Å²) in [6, 6.07) is 18.1. The summed E-state index contributed by atoms with van der Waals surface area (Å²) < 4.78 is 0. The van der Waals surface area contributed by atoms with Gasteiger partial charge >= 0.3 is 0 Å². The molecule has 2 heterocycles. The molecule has 1 saturated heterocycles. The fourth-order valence-electron chi connectivity index (χ4n) is 3.58. The van der Waals surface area contributed by atoms with Crippen LogP contribution in [0.3, 0.4) is 0 Å². The Morgan fingerprint density at radius 2 is 1.52 bits per heavy atom. The molecule has 1 aromatic heterocycles. The molecule has 0 unspecified atom stereocenters. The van der Waals surface area contributed by atoms with E-state index in [1.54, 1.807) is 0 Å².